The summed E-state index contributed by atoms with van der Waals surface area (Å²) in [5.41, 5.74) is 0. The van der Waals surface area contributed by atoms with Crippen molar-refractivity contribution in [2.45, 2.75) is 19.8 Å². The highest BCUT2D eigenvalue weighted by Gasteiger charge is 2.44. The molecule has 8 heteroatoms. The Labute approximate surface area is 113 Å². The molecular weight excluding hydrogens is 264 g/mol. The van der Waals surface area contributed by atoms with Gasteiger partial charge < -0.3 is 0 Å². The fourth-order valence-electron chi connectivity index (χ4n) is 1.26. The Morgan fingerprint density at radius 2 is 1.16 bits per heavy atom. The second-order valence-corrected chi connectivity index (χ2v) is 4.65. The standard InChI is InChI=1S/C5H10F2N2.C5H12F2N2.CH4/c1-8-3-4-9(2)5(8,6)7;1-8(2)5(6,7)9(3)4;/h3-4H2,1-2H3;1-4H3;1H4. The van der Waals surface area contributed by atoms with Crippen molar-refractivity contribution in [2.75, 3.05) is 55.4 Å². The molecule has 1 rings (SSSR count). The molecule has 1 aliphatic heterocycles. The molecule has 1 fully saturated rings. The van der Waals surface area contributed by atoms with Crippen LogP contribution in [0.15, 0.2) is 0 Å². The molecule has 0 unspecified atom stereocenters. The summed E-state index contributed by atoms with van der Waals surface area (Å²) in [5, 5.41) is 0. The van der Waals surface area contributed by atoms with Crippen LogP contribution < -0.4 is 0 Å². The van der Waals surface area contributed by atoms with Gasteiger partial charge in [0.15, 0.2) is 0 Å². The maximum atomic E-state index is 12.6. The summed E-state index contributed by atoms with van der Waals surface area (Å²) >= 11 is 0. The molecular formula is C11H26F4N4. The van der Waals surface area contributed by atoms with Gasteiger partial charge in [-0.2, -0.15) is 17.6 Å². The van der Waals surface area contributed by atoms with Crippen molar-refractivity contribution in [3.63, 3.8) is 0 Å². The predicted molar refractivity (Wildman–Crippen MR) is 69.3 cm³/mol. The summed E-state index contributed by atoms with van der Waals surface area (Å²) in [6.45, 7) is 0.896. The number of hydrogen-bond donors (Lipinski definition) is 0. The Hall–Kier alpha value is -0.440. The molecule has 0 aliphatic carbocycles. The smallest absolute Gasteiger partial charge is 0.236 e. The monoisotopic (exact) mass is 290 g/mol. The van der Waals surface area contributed by atoms with E-state index in [1.165, 1.54) is 42.3 Å². The van der Waals surface area contributed by atoms with Crippen molar-refractivity contribution >= 4 is 0 Å². The van der Waals surface area contributed by atoms with Crippen LogP contribution in [0, 0.1) is 0 Å². The third-order valence-electron chi connectivity index (χ3n) is 2.77. The molecule has 0 amide bonds. The van der Waals surface area contributed by atoms with Crippen molar-refractivity contribution in [3.05, 3.63) is 0 Å². The summed E-state index contributed by atoms with van der Waals surface area (Å²) in [4.78, 5) is 3.78. The first-order chi connectivity index (χ1) is 7.94. The molecule has 0 aromatic heterocycles. The van der Waals surface area contributed by atoms with Crippen LogP contribution in [0.2, 0.25) is 0 Å². The Morgan fingerprint density at radius 3 is 1.21 bits per heavy atom. The van der Waals surface area contributed by atoms with E-state index in [9.17, 15) is 17.6 Å². The van der Waals surface area contributed by atoms with Gasteiger partial charge in [0.2, 0.25) is 0 Å². The molecule has 0 aromatic rings. The van der Waals surface area contributed by atoms with Gasteiger partial charge in [0, 0.05) is 13.1 Å². The summed E-state index contributed by atoms with van der Waals surface area (Å²) in [5.74, 6) is 0. The molecule has 0 N–H and O–H groups in total. The van der Waals surface area contributed by atoms with Gasteiger partial charge in [-0.25, -0.2) is 19.6 Å². The minimum atomic E-state index is -2.83. The lowest BCUT2D eigenvalue weighted by Crippen LogP contribution is -2.47. The SMILES string of the molecule is C.CN(C)C(F)(F)N(C)C.CN1CCN(C)C1(F)F. The van der Waals surface area contributed by atoms with E-state index < -0.39 is 12.3 Å². The van der Waals surface area contributed by atoms with E-state index in [2.05, 4.69) is 0 Å². The highest BCUT2D eigenvalue weighted by atomic mass is 19.3. The summed E-state index contributed by atoms with van der Waals surface area (Å²) < 4.78 is 50.2. The number of rotatable bonds is 2. The maximum Gasteiger partial charge on any atom is 0.369 e. The summed E-state index contributed by atoms with van der Waals surface area (Å²) in [6, 6.07) is 0. The maximum absolute atomic E-state index is 12.6. The van der Waals surface area contributed by atoms with Gasteiger partial charge in [0.25, 0.3) is 0 Å². The van der Waals surface area contributed by atoms with Gasteiger partial charge in [-0.3, -0.25) is 0 Å². The van der Waals surface area contributed by atoms with E-state index in [0.717, 1.165) is 19.6 Å². The largest absolute Gasteiger partial charge is 0.369 e. The van der Waals surface area contributed by atoms with E-state index in [-0.39, 0.29) is 7.43 Å². The Balaban J connectivity index is 0. The number of halogens is 4. The van der Waals surface area contributed by atoms with Gasteiger partial charge in [-0.15, -0.1) is 0 Å². The third kappa shape index (κ3) is 5.21. The fraction of sp³-hybridized carbons (Fsp3) is 1.00. The van der Waals surface area contributed by atoms with Crippen LogP contribution in [0.4, 0.5) is 17.6 Å². The van der Waals surface area contributed by atoms with Crippen LogP contribution in [0.5, 0.6) is 0 Å². The molecule has 4 nitrogen and oxygen atoms in total. The minimum Gasteiger partial charge on any atom is -0.236 e. The first kappa shape index (κ1) is 20.9. The Morgan fingerprint density at radius 1 is 0.895 bits per heavy atom. The lowest BCUT2D eigenvalue weighted by atomic mass is 10.6. The molecule has 1 heterocycles. The Bertz CT molecular complexity index is 235. The highest BCUT2D eigenvalue weighted by molar-refractivity contribution is 4.74. The van der Waals surface area contributed by atoms with Crippen LogP contribution in [0.3, 0.4) is 0 Å². The minimum absolute atomic E-state index is 0. The molecule has 0 radical (unpaired) electrons. The van der Waals surface area contributed by atoms with Crippen LogP contribution in [-0.2, 0) is 0 Å². The van der Waals surface area contributed by atoms with Gasteiger partial charge >= 0.3 is 12.3 Å². The van der Waals surface area contributed by atoms with Crippen molar-refractivity contribution in [1.29, 1.82) is 0 Å². The lowest BCUT2D eigenvalue weighted by molar-refractivity contribution is -0.218. The normalized spacial score (nSPS) is 20.2. The molecule has 0 spiro atoms. The predicted octanol–water partition coefficient (Wildman–Crippen LogP) is 1.71. The van der Waals surface area contributed by atoms with E-state index in [4.69, 9.17) is 0 Å². The third-order valence-corrected chi connectivity index (χ3v) is 2.77. The zero-order valence-corrected chi connectivity index (χ0v) is 11.7. The molecule has 0 bridgehead atoms. The molecule has 19 heavy (non-hydrogen) atoms. The van der Waals surface area contributed by atoms with Gasteiger partial charge in [0.05, 0.1) is 0 Å². The van der Waals surface area contributed by atoms with Crippen molar-refractivity contribution in [1.82, 2.24) is 19.6 Å². The van der Waals surface area contributed by atoms with E-state index in [1.807, 2.05) is 0 Å². The summed E-state index contributed by atoms with van der Waals surface area (Å²) in [7, 11) is 8.17. The van der Waals surface area contributed by atoms with E-state index >= 15 is 0 Å². The molecule has 0 aromatic carbocycles. The number of nitrogens with zero attached hydrogens (tertiary/aromatic N) is 4. The molecule has 0 atom stereocenters. The zero-order valence-electron chi connectivity index (χ0n) is 11.7. The number of likely N-dealkylation sites (N-methyl/N-ethyl adjacent to an activating group) is 2. The van der Waals surface area contributed by atoms with Crippen LogP contribution in [0.1, 0.15) is 7.43 Å². The van der Waals surface area contributed by atoms with E-state index in [0.29, 0.717) is 13.1 Å². The quantitative estimate of drug-likeness (QED) is 0.436. The highest BCUT2D eigenvalue weighted by Crippen LogP contribution is 2.25. The zero-order chi connectivity index (χ0) is 14.7. The number of alkyl halides is 4. The second-order valence-electron chi connectivity index (χ2n) is 4.65. The molecule has 118 valence electrons. The number of hydrogen-bond acceptors (Lipinski definition) is 4. The van der Waals surface area contributed by atoms with Crippen molar-refractivity contribution in [2.24, 2.45) is 0 Å². The first-order valence-electron chi connectivity index (χ1n) is 5.47. The van der Waals surface area contributed by atoms with Gasteiger partial charge in [-0.05, 0) is 42.3 Å². The topological polar surface area (TPSA) is 13.0 Å². The van der Waals surface area contributed by atoms with Crippen molar-refractivity contribution in [3.8, 4) is 0 Å². The summed E-state index contributed by atoms with van der Waals surface area (Å²) in [6.07, 6.45) is -5.56. The average molecular weight is 290 g/mol. The van der Waals surface area contributed by atoms with Gasteiger partial charge in [-0.1, -0.05) is 7.43 Å². The lowest BCUT2D eigenvalue weighted by Gasteiger charge is -2.28. The van der Waals surface area contributed by atoms with Crippen LogP contribution in [0.25, 0.3) is 0 Å². The van der Waals surface area contributed by atoms with Gasteiger partial charge in [0.1, 0.15) is 0 Å². The fourth-order valence-corrected chi connectivity index (χ4v) is 1.26. The van der Waals surface area contributed by atoms with Crippen LogP contribution >= 0.6 is 0 Å². The molecule has 1 aliphatic rings. The van der Waals surface area contributed by atoms with Crippen LogP contribution in [-0.4, -0.2) is 87.3 Å². The average Bonchev–Trinajstić information content (AvgIpc) is 2.45. The Kier molecular flexibility index (Phi) is 8.10. The van der Waals surface area contributed by atoms with Crippen molar-refractivity contribution < 1.29 is 17.6 Å². The molecule has 0 saturated carbocycles. The second kappa shape index (κ2) is 7.37. The molecule has 1 saturated heterocycles. The first-order valence-corrected chi connectivity index (χ1v) is 5.47. The van der Waals surface area contributed by atoms with E-state index in [1.54, 1.807) is 0 Å².